The van der Waals surface area contributed by atoms with E-state index in [4.69, 9.17) is 16.6 Å². The zero-order valence-electron chi connectivity index (χ0n) is 19.3. The fraction of sp³-hybridized carbons (Fsp3) is 0.522. The summed E-state index contributed by atoms with van der Waals surface area (Å²) in [4.78, 5) is 40.1. The molecule has 1 aromatic rings. The van der Waals surface area contributed by atoms with Gasteiger partial charge in [0.25, 0.3) is 5.91 Å². The van der Waals surface area contributed by atoms with Crippen LogP contribution in [0.3, 0.4) is 0 Å². The zero-order chi connectivity index (χ0) is 23.3. The van der Waals surface area contributed by atoms with Crippen molar-refractivity contribution in [2.45, 2.75) is 32.6 Å². The van der Waals surface area contributed by atoms with E-state index in [0.717, 1.165) is 68.2 Å². The minimum atomic E-state index is -0.502. The Morgan fingerprint density at radius 1 is 1.06 bits per heavy atom. The van der Waals surface area contributed by atoms with Gasteiger partial charge < -0.3 is 9.80 Å². The number of hydrogen-bond donors (Lipinski definition) is 1. The van der Waals surface area contributed by atoms with E-state index < -0.39 is 18.2 Å². The van der Waals surface area contributed by atoms with Gasteiger partial charge in [0, 0.05) is 69.3 Å². The molecule has 2 unspecified atom stereocenters. The average molecular weight is 472 g/mol. The van der Waals surface area contributed by atoms with Crippen molar-refractivity contribution >= 4 is 29.5 Å². The van der Waals surface area contributed by atoms with Crippen LogP contribution in [0.2, 0.25) is 5.02 Å². The number of aliphatic imine (C=N–C) groups is 1. The summed E-state index contributed by atoms with van der Waals surface area (Å²) < 4.78 is 0. The Labute approximate surface area is 199 Å². The molecule has 3 amide bonds. The molecule has 0 aromatic heterocycles. The molecule has 0 spiro atoms. The number of rotatable bonds is 5. The maximum Gasteiger partial charge on any atom is 0.325 e. The Kier molecular flexibility index (Phi) is 5.80. The third kappa shape index (κ3) is 3.98. The quantitative estimate of drug-likeness (QED) is 0.702. The monoisotopic (exact) mass is 471 g/mol. The van der Waals surface area contributed by atoms with Crippen LogP contribution in [0, 0.1) is 0 Å². The molecular weight excluding hydrogens is 442 g/mol. The first kappa shape index (κ1) is 22.2. The smallest absolute Gasteiger partial charge is 0.313 e. The molecular formula is C23H30ClN7O2. The van der Waals surface area contributed by atoms with Crippen molar-refractivity contribution in [3.8, 4) is 0 Å². The summed E-state index contributed by atoms with van der Waals surface area (Å²) in [5.41, 5.74) is 3.38. The van der Waals surface area contributed by atoms with Crippen molar-refractivity contribution in [2.75, 3.05) is 46.3 Å². The van der Waals surface area contributed by atoms with Gasteiger partial charge >= 0.3 is 6.03 Å². The molecule has 1 N–H and O–H groups in total. The lowest BCUT2D eigenvalue weighted by Gasteiger charge is -2.36. The first-order valence-corrected chi connectivity index (χ1v) is 11.8. The maximum absolute atomic E-state index is 12.6. The largest absolute Gasteiger partial charge is 0.325 e. The predicted molar refractivity (Wildman–Crippen MR) is 126 cm³/mol. The number of urea groups is 1. The highest BCUT2D eigenvalue weighted by atomic mass is 35.5. The number of benzene rings is 1. The number of hydrogen-bond acceptors (Lipinski definition) is 7. The van der Waals surface area contributed by atoms with Crippen LogP contribution in [0.15, 0.2) is 40.7 Å². The van der Waals surface area contributed by atoms with Crippen LogP contribution in [0.4, 0.5) is 4.79 Å². The summed E-state index contributed by atoms with van der Waals surface area (Å²) in [5.74, 6) is 0.489. The first-order chi connectivity index (χ1) is 15.8. The summed E-state index contributed by atoms with van der Waals surface area (Å²) in [6.07, 6.45) is -0.484. The number of guanidine groups is 1. The fourth-order valence-electron chi connectivity index (χ4n) is 5.10. The molecule has 4 heterocycles. The first-order valence-electron chi connectivity index (χ1n) is 11.4. The second-order valence-electron chi connectivity index (χ2n) is 9.13. The number of imide groups is 1. The molecule has 0 saturated carbocycles. The second-order valence-corrected chi connectivity index (χ2v) is 9.57. The van der Waals surface area contributed by atoms with Gasteiger partial charge in [-0.05, 0) is 31.5 Å². The van der Waals surface area contributed by atoms with Crippen LogP contribution in [-0.2, 0) is 11.3 Å². The molecule has 33 heavy (non-hydrogen) atoms. The van der Waals surface area contributed by atoms with Gasteiger partial charge in [-0.3, -0.25) is 24.8 Å². The number of allylic oxidation sites excluding steroid dienone is 2. The predicted octanol–water partition coefficient (Wildman–Crippen LogP) is 1.57. The highest BCUT2D eigenvalue weighted by Crippen LogP contribution is 2.35. The van der Waals surface area contributed by atoms with Crippen molar-refractivity contribution < 1.29 is 9.59 Å². The summed E-state index contributed by atoms with van der Waals surface area (Å²) in [6.45, 7) is 10.8. The molecule has 0 aliphatic carbocycles. The Bertz CT molecular complexity index is 1030. The molecule has 10 heteroatoms. The van der Waals surface area contributed by atoms with Gasteiger partial charge in [-0.25, -0.2) is 9.79 Å². The lowest BCUT2D eigenvalue weighted by atomic mass is 10.1. The van der Waals surface area contributed by atoms with Crippen molar-refractivity contribution in [1.82, 2.24) is 29.8 Å². The molecule has 4 aliphatic heterocycles. The second kappa shape index (κ2) is 8.62. The number of nitrogens with zero attached hydrogens (tertiary/aromatic N) is 6. The number of nitrogens with one attached hydrogen (secondary N) is 1. The fourth-order valence-corrected chi connectivity index (χ4v) is 5.31. The molecule has 2 saturated heterocycles. The van der Waals surface area contributed by atoms with Crippen LogP contribution in [0.1, 0.15) is 19.4 Å². The van der Waals surface area contributed by atoms with Gasteiger partial charge in [0.15, 0.2) is 12.2 Å². The normalized spacial score (nSPS) is 26.1. The Hall–Kier alpha value is -2.62. The van der Waals surface area contributed by atoms with Crippen molar-refractivity contribution in [3.05, 3.63) is 46.2 Å². The lowest BCUT2D eigenvalue weighted by Crippen LogP contribution is -2.63. The molecule has 176 valence electrons. The summed E-state index contributed by atoms with van der Waals surface area (Å²) in [6, 6.07) is 7.18. The molecule has 9 nitrogen and oxygen atoms in total. The third-order valence-electron chi connectivity index (χ3n) is 7.17. The highest BCUT2D eigenvalue weighted by Gasteiger charge is 2.53. The van der Waals surface area contributed by atoms with Crippen molar-refractivity contribution in [1.29, 1.82) is 0 Å². The van der Waals surface area contributed by atoms with Crippen LogP contribution in [-0.4, -0.2) is 101 Å². The van der Waals surface area contributed by atoms with E-state index >= 15 is 0 Å². The molecule has 0 radical (unpaired) electrons. The summed E-state index contributed by atoms with van der Waals surface area (Å²) >= 11 is 6.12. The van der Waals surface area contributed by atoms with E-state index in [2.05, 4.69) is 33.0 Å². The minimum Gasteiger partial charge on any atom is -0.313 e. The van der Waals surface area contributed by atoms with Crippen molar-refractivity contribution in [3.63, 3.8) is 0 Å². The molecule has 0 bridgehead atoms. The van der Waals surface area contributed by atoms with Crippen LogP contribution < -0.4 is 5.32 Å². The third-order valence-corrected chi connectivity index (χ3v) is 7.41. The molecule has 1 aromatic carbocycles. The number of likely N-dealkylation sites (N-methyl/N-ethyl adjacent to an activating group) is 1. The summed E-state index contributed by atoms with van der Waals surface area (Å²) in [5, 5.41) is 3.23. The minimum absolute atomic E-state index is 0.285. The number of carbonyl (C=O) groups excluding carboxylic acids is 2. The van der Waals surface area contributed by atoms with E-state index in [1.807, 2.05) is 30.0 Å². The zero-order valence-corrected chi connectivity index (χ0v) is 20.0. The van der Waals surface area contributed by atoms with Gasteiger partial charge in [-0.2, -0.15) is 0 Å². The number of halogens is 1. The topological polar surface area (TPSA) is 74.7 Å². The molecule has 2 fully saturated rings. The molecule has 4 aliphatic rings. The number of amides is 3. The molecule has 2 atom stereocenters. The Morgan fingerprint density at radius 3 is 2.52 bits per heavy atom. The van der Waals surface area contributed by atoms with E-state index in [-0.39, 0.29) is 5.91 Å². The van der Waals surface area contributed by atoms with Gasteiger partial charge in [0.2, 0.25) is 5.96 Å². The van der Waals surface area contributed by atoms with Gasteiger partial charge in [-0.15, -0.1) is 0 Å². The van der Waals surface area contributed by atoms with E-state index in [0.29, 0.717) is 0 Å². The van der Waals surface area contributed by atoms with Gasteiger partial charge in [0.1, 0.15) is 0 Å². The maximum atomic E-state index is 12.6. The number of carbonyl (C=O) groups is 2. The van der Waals surface area contributed by atoms with E-state index in [1.165, 1.54) is 10.5 Å². The van der Waals surface area contributed by atoms with Gasteiger partial charge in [0.05, 0.1) is 0 Å². The number of piperazine rings is 1. The Balaban J connectivity index is 1.19. The highest BCUT2D eigenvalue weighted by molar-refractivity contribution is 6.30. The van der Waals surface area contributed by atoms with Gasteiger partial charge in [-0.1, -0.05) is 23.7 Å². The summed E-state index contributed by atoms with van der Waals surface area (Å²) in [7, 11) is 1.69. The lowest BCUT2D eigenvalue weighted by molar-refractivity contribution is -0.126. The SMILES string of the molecule is CC1=C(C)N2C(=NC3C2C(=O)NC(=O)N3C)N1CCN1CCN(Cc2cccc(Cl)c2)CC1. The molecule has 5 rings (SSSR count). The Morgan fingerprint density at radius 2 is 1.79 bits per heavy atom. The van der Waals surface area contributed by atoms with E-state index in [9.17, 15) is 9.59 Å². The van der Waals surface area contributed by atoms with Crippen molar-refractivity contribution in [2.24, 2.45) is 4.99 Å². The average Bonchev–Trinajstić information content (AvgIpc) is 3.28. The van der Waals surface area contributed by atoms with E-state index in [1.54, 1.807) is 7.05 Å². The van der Waals surface area contributed by atoms with Crippen LogP contribution in [0.5, 0.6) is 0 Å². The number of fused-ring (bicyclic) bond motifs is 3. The van der Waals surface area contributed by atoms with Crippen LogP contribution >= 0.6 is 11.6 Å². The van der Waals surface area contributed by atoms with Crippen LogP contribution in [0.25, 0.3) is 0 Å². The standard InChI is InChI=1S/C23H30ClN7O2/c1-15-16(2)31-19-20(27(3)23(33)26-21(19)32)25-22(31)30(15)12-11-28-7-9-29(10-8-28)14-17-5-4-6-18(24)13-17/h4-6,13,19-20H,7-12,14H2,1-3H3,(H,26,32,33).